The smallest absolute Gasteiger partial charge is 0.185 e. The number of allylic oxidation sites excluding steroid dienone is 6. The Hall–Kier alpha value is -2.87. The molecule has 0 aliphatic heterocycles. The van der Waals surface area contributed by atoms with Crippen LogP contribution >= 0.6 is 0 Å². The average Bonchev–Trinajstić information content (AvgIpc) is 2.74. The minimum Gasteiger partial charge on any atom is -0.508 e. The summed E-state index contributed by atoms with van der Waals surface area (Å²) in [5.41, 5.74) is 7.45. The lowest BCUT2D eigenvalue weighted by Crippen LogP contribution is -2.13. The van der Waals surface area contributed by atoms with Crippen LogP contribution in [-0.4, -0.2) is 10.9 Å². The van der Waals surface area contributed by atoms with E-state index in [2.05, 4.69) is 37.3 Å². The fourth-order valence-corrected chi connectivity index (χ4v) is 3.84. The molecular formula is C27H30O2. The monoisotopic (exact) mass is 386 g/mol. The van der Waals surface area contributed by atoms with Crippen molar-refractivity contribution in [3.63, 3.8) is 0 Å². The van der Waals surface area contributed by atoms with E-state index in [0.717, 1.165) is 60.0 Å². The minimum atomic E-state index is 0.187. The Labute approximate surface area is 174 Å². The van der Waals surface area contributed by atoms with Crippen molar-refractivity contribution in [1.82, 2.24) is 0 Å². The molecule has 2 aromatic carbocycles. The fourth-order valence-electron chi connectivity index (χ4n) is 3.84. The molecule has 0 saturated carbocycles. The van der Waals surface area contributed by atoms with Crippen molar-refractivity contribution in [2.24, 2.45) is 0 Å². The van der Waals surface area contributed by atoms with Crippen molar-refractivity contribution in [3.05, 3.63) is 94.1 Å². The van der Waals surface area contributed by atoms with Crippen LogP contribution in [0.3, 0.4) is 0 Å². The number of benzene rings is 2. The topological polar surface area (TPSA) is 37.3 Å². The second kappa shape index (κ2) is 9.56. The van der Waals surface area contributed by atoms with E-state index in [9.17, 15) is 9.90 Å². The number of carbonyl (C=O) groups is 1. The van der Waals surface area contributed by atoms with Gasteiger partial charge in [-0.1, -0.05) is 62.2 Å². The van der Waals surface area contributed by atoms with E-state index in [1.54, 1.807) is 12.1 Å². The maximum Gasteiger partial charge on any atom is 0.185 e. The van der Waals surface area contributed by atoms with Crippen molar-refractivity contribution in [2.45, 2.75) is 52.9 Å². The number of hydrogen-bond donors (Lipinski definition) is 1. The first-order valence-electron chi connectivity index (χ1n) is 10.5. The van der Waals surface area contributed by atoms with Crippen molar-refractivity contribution < 1.29 is 9.90 Å². The molecule has 0 spiro atoms. The molecule has 0 saturated heterocycles. The second-order valence-corrected chi connectivity index (χ2v) is 7.81. The van der Waals surface area contributed by atoms with E-state index in [-0.39, 0.29) is 11.5 Å². The Bertz CT molecular complexity index is 957. The van der Waals surface area contributed by atoms with Crippen LogP contribution in [0.5, 0.6) is 5.75 Å². The molecule has 0 radical (unpaired) electrons. The predicted octanol–water partition coefficient (Wildman–Crippen LogP) is 6.81. The van der Waals surface area contributed by atoms with Gasteiger partial charge in [0.1, 0.15) is 5.75 Å². The molecule has 29 heavy (non-hydrogen) atoms. The van der Waals surface area contributed by atoms with Crippen LogP contribution in [0.2, 0.25) is 0 Å². The highest BCUT2D eigenvalue weighted by Gasteiger charge is 2.23. The summed E-state index contributed by atoms with van der Waals surface area (Å²) in [6.45, 7) is 6.18. The standard InChI is InChI=1S/C27H30O2/c1-4-5-7-12-23-18-25(19(2)20(3)27(23)29)26(17-21-10-8-6-9-11-21)22-13-15-24(28)16-14-22/h6,8-11,13-16,18,28H,4-5,7,12,17H2,1-3H3. The number of Topliss-reactive ketones (excluding diaryl/α,β-unsaturated/α-hetero) is 1. The molecule has 150 valence electrons. The van der Waals surface area contributed by atoms with E-state index in [1.165, 1.54) is 11.1 Å². The summed E-state index contributed by atoms with van der Waals surface area (Å²) >= 11 is 0. The lowest BCUT2D eigenvalue weighted by molar-refractivity contribution is -0.112. The molecule has 1 N–H and O–H groups in total. The highest BCUT2D eigenvalue weighted by Crippen LogP contribution is 2.35. The maximum atomic E-state index is 12.9. The first-order chi connectivity index (χ1) is 14.0. The van der Waals surface area contributed by atoms with Crippen LogP contribution in [0.4, 0.5) is 0 Å². The van der Waals surface area contributed by atoms with Gasteiger partial charge in [0.15, 0.2) is 5.78 Å². The van der Waals surface area contributed by atoms with Gasteiger partial charge < -0.3 is 5.11 Å². The fraction of sp³-hybridized carbons (Fsp3) is 0.296. The zero-order valence-corrected chi connectivity index (χ0v) is 17.7. The number of phenols is 1. The first kappa shape index (κ1) is 20.9. The van der Waals surface area contributed by atoms with Crippen LogP contribution in [0.15, 0.2) is 83.0 Å². The molecule has 2 heteroatoms. The lowest BCUT2D eigenvalue weighted by Gasteiger charge is -2.22. The molecule has 1 aliphatic rings. The van der Waals surface area contributed by atoms with E-state index in [0.29, 0.717) is 0 Å². The second-order valence-electron chi connectivity index (χ2n) is 7.81. The largest absolute Gasteiger partial charge is 0.508 e. The summed E-state index contributed by atoms with van der Waals surface area (Å²) in [6.07, 6.45) is 7.05. The van der Waals surface area contributed by atoms with E-state index < -0.39 is 0 Å². The number of hydrogen-bond acceptors (Lipinski definition) is 2. The number of unbranched alkanes of at least 4 members (excludes halogenated alkanes) is 2. The first-order valence-corrected chi connectivity index (χ1v) is 10.5. The lowest BCUT2D eigenvalue weighted by atomic mass is 9.81. The molecule has 1 aliphatic carbocycles. The third-order valence-electron chi connectivity index (χ3n) is 5.73. The zero-order chi connectivity index (χ0) is 20.8. The Morgan fingerprint density at radius 2 is 1.59 bits per heavy atom. The van der Waals surface area contributed by atoms with Gasteiger partial charge in [-0.05, 0) is 79.2 Å². The summed E-state index contributed by atoms with van der Waals surface area (Å²) in [5, 5.41) is 9.75. The maximum absolute atomic E-state index is 12.9. The van der Waals surface area contributed by atoms with Gasteiger partial charge in [-0.25, -0.2) is 0 Å². The van der Waals surface area contributed by atoms with Crippen LogP contribution in [0.25, 0.3) is 5.57 Å². The summed E-state index contributed by atoms with van der Waals surface area (Å²) in [7, 11) is 0. The molecule has 0 unspecified atom stereocenters. The van der Waals surface area contributed by atoms with Crippen LogP contribution in [0.1, 0.15) is 57.6 Å². The Kier molecular flexibility index (Phi) is 6.87. The van der Waals surface area contributed by atoms with E-state index in [4.69, 9.17) is 0 Å². The zero-order valence-electron chi connectivity index (χ0n) is 17.7. The van der Waals surface area contributed by atoms with Gasteiger partial charge in [0.25, 0.3) is 0 Å². The molecule has 0 bridgehead atoms. The van der Waals surface area contributed by atoms with Gasteiger partial charge in [-0.15, -0.1) is 0 Å². The van der Waals surface area contributed by atoms with Gasteiger partial charge in [0.2, 0.25) is 0 Å². The van der Waals surface area contributed by atoms with Crippen molar-refractivity contribution in [2.75, 3.05) is 0 Å². The van der Waals surface area contributed by atoms with Crippen LogP contribution < -0.4 is 0 Å². The molecule has 2 aromatic rings. The third-order valence-corrected chi connectivity index (χ3v) is 5.73. The van der Waals surface area contributed by atoms with E-state index >= 15 is 0 Å². The van der Waals surface area contributed by atoms with Gasteiger partial charge in [0.05, 0.1) is 0 Å². The van der Waals surface area contributed by atoms with Crippen LogP contribution in [-0.2, 0) is 11.2 Å². The van der Waals surface area contributed by atoms with Crippen molar-refractivity contribution in [3.8, 4) is 5.75 Å². The number of rotatable bonds is 7. The summed E-state index contributed by atoms with van der Waals surface area (Å²) in [4.78, 5) is 12.9. The molecule has 0 atom stereocenters. The molecule has 0 amide bonds. The highest BCUT2D eigenvalue weighted by molar-refractivity contribution is 6.11. The minimum absolute atomic E-state index is 0.187. The van der Waals surface area contributed by atoms with Crippen molar-refractivity contribution >= 4 is 11.4 Å². The summed E-state index contributed by atoms with van der Waals surface area (Å²) in [6, 6.07) is 17.8. The molecule has 0 fully saturated rings. The van der Waals surface area contributed by atoms with Gasteiger partial charge >= 0.3 is 0 Å². The molecule has 0 aromatic heterocycles. The third kappa shape index (κ3) is 4.95. The van der Waals surface area contributed by atoms with Gasteiger partial charge in [-0.2, -0.15) is 0 Å². The van der Waals surface area contributed by atoms with Gasteiger partial charge in [0, 0.05) is 11.1 Å². The summed E-state index contributed by atoms with van der Waals surface area (Å²) in [5.74, 6) is 0.447. The summed E-state index contributed by atoms with van der Waals surface area (Å²) < 4.78 is 0. The highest BCUT2D eigenvalue weighted by atomic mass is 16.3. The molecular weight excluding hydrogens is 356 g/mol. The van der Waals surface area contributed by atoms with Crippen LogP contribution in [0, 0.1) is 0 Å². The Balaban J connectivity index is 2.13. The van der Waals surface area contributed by atoms with Crippen molar-refractivity contribution in [1.29, 1.82) is 0 Å². The average molecular weight is 387 g/mol. The molecule has 2 nitrogen and oxygen atoms in total. The number of ketones is 1. The molecule has 0 heterocycles. The van der Waals surface area contributed by atoms with Gasteiger partial charge in [-0.3, -0.25) is 4.79 Å². The SMILES string of the molecule is CCCCCC1=CC(=C(Cc2ccccc2)c2ccc(O)cc2)C(C)=C(C)C1=O. The Morgan fingerprint density at radius 1 is 0.897 bits per heavy atom. The quantitative estimate of drug-likeness (QED) is 0.530. The van der Waals surface area contributed by atoms with E-state index in [1.807, 2.05) is 32.0 Å². The number of aromatic hydroxyl groups is 1. The number of phenolic OH excluding ortho intramolecular Hbond substituents is 1. The predicted molar refractivity (Wildman–Crippen MR) is 121 cm³/mol. The normalized spacial score (nSPS) is 16.1. The number of carbonyl (C=O) groups excluding carboxylic acids is 1. The Morgan fingerprint density at radius 3 is 2.24 bits per heavy atom. The molecule has 3 rings (SSSR count).